The Morgan fingerprint density at radius 2 is 1.76 bits per heavy atom. The van der Waals surface area contributed by atoms with Gasteiger partial charge in [-0.2, -0.15) is 0 Å². The van der Waals surface area contributed by atoms with Gasteiger partial charge in [0, 0.05) is 25.2 Å². The summed E-state index contributed by atoms with van der Waals surface area (Å²) in [5.41, 5.74) is 1.09. The third-order valence-corrected chi connectivity index (χ3v) is 5.80. The van der Waals surface area contributed by atoms with Crippen LogP contribution in [0.1, 0.15) is 54.9 Å². The molecule has 2 saturated heterocycles. The molecule has 136 valence electrons. The van der Waals surface area contributed by atoms with Crippen LogP contribution in [-0.4, -0.2) is 53.0 Å². The van der Waals surface area contributed by atoms with Crippen LogP contribution in [0.5, 0.6) is 0 Å². The highest BCUT2D eigenvalue weighted by Gasteiger charge is 2.42. The van der Waals surface area contributed by atoms with Crippen molar-refractivity contribution in [1.29, 1.82) is 0 Å². The number of nitrogens with zero attached hydrogens (tertiary/aromatic N) is 2. The molecule has 2 fully saturated rings. The van der Waals surface area contributed by atoms with Gasteiger partial charge >= 0.3 is 5.97 Å². The van der Waals surface area contributed by atoms with E-state index >= 15 is 0 Å². The molecule has 0 radical (unpaired) electrons. The third kappa shape index (κ3) is 3.87. The van der Waals surface area contributed by atoms with E-state index in [1.165, 1.54) is 18.4 Å². The molecule has 2 heterocycles. The molecule has 1 amide bonds. The number of hydrogen-bond acceptors (Lipinski definition) is 3. The third-order valence-electron chi connectivity index (χ3n) is 5.80. The molecule has 1 aromatic carbocycles. The molecule has 1 unspecified atom stereocenters. The number of piperidine rings is 1. The molecule has 0 saturated carbocycles. The Labute approximate surface area is 149 Å². The molecule has 0 aliphatic carbocycles. The molecule has 0 spiro atoms. The van der Waals surface area contributed by atoms with Crippen molar-refractivity contribution in [2.45, 2.75) is 45.6 Å². The molecule has 25 heavy (non-hydrogen) atoms. The molecule has 2 aliphatic heterocycles. The van der Waals surface area contributed by atoms with Gasteiger partial charge in [-0.3, -0.25) is 14.5 Å². The first-order valence-electron chi connectivity index (χ1n) is 9.38. The van der Waals surface area contributed by atoms with Crippen molar-refractivity contribution in [2.75, 3.05) is 26.2 Å². The van der Waals surface area contributed by atoms with Crippen molar-refractivity contribution >= 4 is 11.9 Å². The Morgan fingerprint density at radius 3 is 2.36 bits per heavy atom. The van der Waals surface area contributed by atoms with E-state index in [1.807, 2.05) is 31.2 Å². The second-order valence-corrected chi connectivity index (χ2v) is 7.45. The Morgan fingerprint density at radius 1 is 1.08 bits per heavy atom. The quantitative estimate of drug-likeness (QED) is 0.892. The van der Waals surface area contributed by atoms with Crippen LogP contribution in [-0.2, 0) is 11.3 Å². The van der Waals surface area contributed by atoms with Crippen molar-refractivity contribution in [3.63, 3.8) is 0 Å². The first-order chi connectivity index (χ1) is 12.0. The number of carboxylic acids is 1. The topological polar surface area (TPSA) is 60.9 Å². The van der Waals surface area contributed by atoms with E-state index in [0.717, 1.165) is 26.1 Å². The van der Waals surface area contributed by atoms with Crippen LogP contribution in [0.15, 0.2) is 24.3 Å². The summed E-state index contributed by atoms with van der Waals surface area (Å²) >= 11 is 0. The normalized spacial score (nSPS) is 24.4. The van der Waals surface area contributed by atoms with Crippen LogP contribution >= 0.6 is 0 Å². The van der Waals surface area contributed by atoms with E-state index in [0.29, 0.717) is 31.5 Å². The molecule has 1 N–H and O–H groups in total. The van der Waals surface area contributed by atoms with Gasteiger partial charge in [-0.25, -0.2) is 0 Å². The number of carboxylic acid groups (broad SMARTS) is 1. The van der Waals surface area contributed by atoms with Crippen molar-refractivity contribution in [3.8, 4) is 0 Å². The van der Waals surface area contributed by atoms with Crippen molar-refractivity contribution in [2.24, 2.45) is 5.41 Å². The van der Waals surface area contributed by atoms with Crippen molar-refractivity contribution in [3.05, 3.63) is 35.4 Å². The first kappa shape index (κ1) is 17.9. The van der Waals surface area contributed by atoms with Gasteiger partial charge in [-0.15, -0.1) is 0 Å². The summed E-state index contributed by atoms with van der Waals surface area (Å²) < 4.78 is 0. The van der Waals surface area contributed by atoms with Crippen LogP contribution in [0.4, 0.5) is 0 Å². The number of amides is 1. The second kappa shape index (κ2) is 7.56. The summed E-state index contributed by atoms with van der Waals surface area (Å²) in [4.78, 5) is 28.6. The Balaban J connectivity index is 1.66. The highest BCUT2D eigenvalue weighted by atomic mass is 16.4. The SMILES string of the molecule is CCC1(C(=O)O)CCCN(C(=O)c2ccc(CN3CCCC3)cc2)C1. The minimum Gasteiger partial charge on any atom is -0.481 e. The van der Waals surface area contributed by atoms with Gasteiger partial charge in [0.25, 0.3) is 5.91 Å². The highest BCUT2D eigenvalue weighted by molar-refractivity contribution is 5.94. The number of hydrogen-bond donors (Lipinski definition) is 1. The number of carbonyl (C=O) groups excluding carboxylic acids is 1. The molecule has 3 rings (SSSR count). The molecule has 0 aromatic heterocycles. The molecular weight excluding hydrogens is 316 g/mol. The van der Waals surface area contributed by atoms with Gasteiger partial charge in [0.15, 0.2) is 0 Å². The lowest BCUT2D eigenvalue weighted by Gasteiger charge is -2.39. The summed E-state index contributed by atoms with van der Waals surface area (Å²) in [6.07, 6.45) is 4.50. The summed E-state index contributed by atoms with van der Waals surface area (Å²) in [5.74, 6) is -0.833. The fraction of sp³-hybridized carbons (Fsp3) is 0.600. The summed E-state index contributed by atoms with van der Waals surface area (Å²) in [6.45, 7) is 6.10. The fourth-order valence-corrected chi connectivity index (χ4v) is 4.05. The van der Waals surface area contributed by atoms with Crippen LogP contribution in [0.3, 0.4) is 0 Å². The summed E-state index contributed by atoms with van der Waals surface area (Å²) in [7, 11) is 0. The number of rotatable bonds is 5. The maximum absolute atomic E-state index is 12.8. The standard InChI is InChI=1S/C20H28N2O3/c1-2-20(19(24)25)10-5-13-22(15-20)18(23)17-8-6-16(7-9-17)14-21-11-3-4-12-21/h6-9H,2-5,10-15H2,1H3,(H,24,25). The van der Waals surface area contributed by atoms with Gasteiger partial charge in [0.1, 0.15) is 0 Å². The molecule has 1 atom stereocenters. The van der Waals surface area contributed by atoms with E-state index in [-0.39, 0.29) is 5.91 Å². The molecule has 5 nitrogen and oxygen atoms in total. The number of aliphatic carboxylic acids is 1. The number of carbonyl (C=O) groups is 2. The zero-order chi connectivity index (χ0) is 17.9. The van der Waals surface area contributed by atoms with E-state index in [4.69, 9.17) is 0 Å². The Bertz CT molecular complexity index is 622. The zero-order valence-corrected chi connectivity index (χ0v) is 15.0. The van der Waals surface area contributed by atoms with E-state index in [2.05, 4.69) is 4.90 Å². The van der Waals surface area contributed by atoms with E-state index < -0.39 is 11.4 Å². The highest BCUT2D eigenvalue weighted by Crippen LogP contribution is 2.34. The lowest BCUT2D eigenvalue weighted by Crippen LogP contribution is -2.49. The van der Waals surface area contributed by atoms with Crippen LogP contribution in [0.25, 0.3) is 0 Å². The van der Waals surface area contributed by atoms with E-state index in [9.17, 15) is 14.7 Å². The molecule has 5 heteroatoms. The number of benzene rings is 1. The van der Waals surface area contributed by atoms with Crippen LogP contribution < -0.4 is 0 Å². The predicted octanol–water partition coefficient (Wildman–Crippen LogP) is 3.00. The first-order valence-corrected chi connectivity index (χ1v) is 9.38. The van der Waals surface area contributed by atoms with E-state index in [1.54, 1.807) is 4.90 Å². The lowest BCUT2D eigenvalue weighted by molar-refractivity contribution is -0.152. The minimum absolute atomic E-state index is 0.0495. The molecule has 2 aliphatic rings. The van der Waals surface area contributed by atoms with Crippen LogP contribution in [0.2, 0.25) is 0 Å². The fourth-order valence-electron chi connectivity index (χ4n) is 4.05. The average Bonchev–Trinajstić information content (AvgIpc) is 3.14. The maximum Gasteiger partial charge on any atom is 0.311 e. The van der Waals surface area contributed by atoms with Gasteiger partial charge in [0.2, 0.25) is 0 Å². The van der Waals surface area contributed by atoms with Gasteiger partial charge < -0.3 is 10.0 Å². The van der Waals surface area contributed by atoms with Crippen molar-refractivity contribution < 1.29 is 14.7 Å². The van der Waals surface area contributed by atoms with Crippen LogP contribution in [0, 0.1) is 5.41 Å². The predicted molar refractivity (Wildman–Crippen MR) is 96.5 cm³/mol. The molecular formula is C20H28N2O3. The molecule has 1 aromatic rings. The maximum atomic E-state index is 12.8. The van der Waals surface area contributed by atoms with Crippen molar-refractivity contribution in [1.82, 2.24) is 9.80 Å². The minimum atomic E-state index is -0.788. The number of likely N-dealkylation sites (tertiary alicyclic amines) is 2. The smallest absolute Gasteiger partial charge is 0.311 e. The molecule has 0 bridgehead atoms. The lowest BCUT2D eigenvalue weighted by atomic mass is 9.77. The second-order valence-electron chi connectivity index (χ2n) is 7.45. The average molecular weight is 344 g/mol. The summed E-state index contributed by atoms with van der Waals surface area (Å²) in [6, 6.07) is 7.83. The van der Waals surface area contributed by atoms with Gasteiger partial charge in [-0.05, 0) is 62.9 Å². The zero-order valence-electron chi connectivity index (χ0n) is 15.0. The van der Waals surface area contributed by atoms with Gasteiger partial charge in [0.05, 0.1) is 5.41 Å². The summed E-state index contributed by atoms with van der Waals surface area (Å²) in [5, 5.41) is 9.59. The van der Waals surface area contributed by atoms with Gasteiger partial charge in [-0.1, -0.05) is 19.1 Å². The monoisotopic (exact) mass is 344 g/mol. The largest absolute Gasteiger partial charge is 0.481 e. The Kier molecular flexibility index (Phi) is 5.42. The Hall–Kier alpha value is -1.88.